The van der Waals surface area contributed by atoms with E-state index in [-0.39, 0.29) is 12.3 Å². The van der Waals surface area contributed by atoms with E-state index in [0.29, 0.717) is 11.5 Å². The van der Waals surface area contributed by atoms with Gasteiger partial charge in [-0.15, -0.1) is 11.3 Å². The van der Waals surface area contributed by atoms with Gasteiger partial charge in [0.25, 0.3) is 0 Å². The summed E-state index contributed by atoms with van der Waals surface area (Å²) < 4.78 is 0. The molecule has 0 saturated heterocycles. The molecule has 3 aromatic rings. The normalized spacial score (nSPS) is 10.5. The van der Waals surface area contributed by atoms with Crippen molar-refractivity contribution in [2.75, 3.05) is 11.1 Å². The summed E-state index contributed by atoms with van der Waals surface area (Å²) in [5.74, 6) is 0.416. The molecule has 23 heavy (non-hydrogen) atoms. The summed E-state index contributed by atoms with van der Waals surface area (Å²) in [6.07, 6.45) is 1.88. The van der Waals surface area contributed by atoms with Crippen molar-refractivity contribution < 1.29 is 4.79 Å². The number of pyridine rings is 1. The molecule has 0 bridgehead atoms. The first-order valence-corrected chi connectivity index (χ1v) is 8.01. The van der Waals surface area contributed by atoms with Gasteiger partial charge in [-0.2, -0.15) is 0 Å². The largest absolute Gasteiger partial charge is 0.398 e. The number of nitrogens with two attached hydrogens (primary N) is 1. The summed E-state index contributed by atoms with van der Waals surface area (Å²) in [6.45, 7) is 1.95. The highest BCUT2D eigenvalue weighted by atomic mass is 32.1. The molecule has 3 N–H and O–H groups in total. The third kappa shape index (κ3) is 3.73. The van der Waals surface area contributed by atoms with Crippen LogP contribution in [0.4, 0.5) is 11.5 Å². The number of rotatable bonds is 4. The van der Waals surface area contributed by atoms with Crippen LogP contribution in [0.25, 0.3) is 10.6 Å². The summed E-state index contributed by atoms with van der Waals surface area (Å²) >= 11 is 1.48. The Morgan fingerprint density at radius 2 is 2.13 bits per heavy atom. The van der Waals surface area contributed by atoms with E-state index in [1.54, 1.807) is 6.20 Å². The van der Waals surface area contributed by atoms with Crippen LogP contribution in [0.15, 0.2) is 48.0 Å². The molecule has 6 heteroatoms. The van der Waals surface area contributed by atoms with Crippen LogP contribution in [-0.2, 0) is 11.2 Å². The van der Waals surface area contributed by atoms with Gasteiger partial charge in [0.2, 0.25) is 5.91 Å². The van der Waals surface area contributed by atoms with Crippen LogP contribution in [0, 0.1) is 6.92 Å². The van der Waals surface area contributed by atoms with Gasteiger partial charge in [-0.05, 0) is 36.8 Å². The minimum Gasteiger partial charge on any atom is -0.398 e. The van der Waals surface area contributed by atoms with E-state index < -0.39 is 0 Å². The number of amides is 1. The maximum Gasteiger partial charge on any atom is 0.231 e. The second-order valence-corrected chi connectivity index (χ2v) is 6.03. The molecule has 0 spiro atoms. The number of benzene rings is 1. The van der Waals surface area contributed by atoms with E-state index in [4.69, 9.17) is 5.73 Å². The Morgan fingerprint density at radius 1 is 1.30 bits per heavy atom. The summed E-state index contributed by atoms with van der Waals surface area (Å²) in [4.78, 5) is 20.7. The number of hydrogen-bond donors (Lipinski definition) is 2. The van der Waals surface area contributed by atoms with E-state index in [9.17, 15) is 4.79 Å². The van der Waals surface area contributed by atoms with Crippen LogP contribution in [0.1, 0.15) is 11.3 Å². The standard InChI is InChI=1S/C17H16N4OS/c1-11-6-7-19-15(8-11)21-16(22)9-12-10-23-17(20-12)13-4-2-3-5-14(13)18/h2-8,10H,9,18H2,1H3,(H,19,21,22). The van der Waals surface area contributed by atoms with Crippen molar-refractivity contribution in [1.29, 1.82) is 0 Å². The number of anilines is 2. The van der Waals surface area contributed by atoms with Crippen molar-refractivity contribution in [1.82, 2.24) is 9.97 Å². The zero-order valence-electron chi connectivity index (χ0n) is 12.6. The number of nitrogens with one attached hydrogen (secondary N) is 1. The second-order valence-electron chi connectivity index (χ2n) is 5.17. The molecule has 0 fully saturated rings. The van der Waals surface area contributed by atoms with Crippen molar-refractivity contribution in [3.63, 3.8) is 0 Å². The summed E-state index contributed by atoms with van der Waals surface area (Å²) in [7, 11) is 0. The molecule has 0 saturated carbocycles. The molecule has 0 radical (unpaired) electrons. The first kappa shape index (κ1) is 15.2. The molecule has 0 atom stereocenters. The Bertz CT molecular complexity index is 844. The number of aromatic nitrogens is 2. The van der Waals surface area contributed by atoms with E-state index in [1.165, 1.54) is 11.3 Å². The molecular weight excluding hydrogens is 308 g/mol. The fourth-order valence-electron chi connectivity index (χ4n) is 2.16. The third-order valence-corrected chi connectivity index (χ3v) is 4.19. The van der Waals surface area contributed by atoms with Gasteiger partial charge in [-0.1, -0.05) is 12.1 Å². The number of thiazole rings is 1. The van der Waals surface area contributed by atoms with E-state index in [1.807, 2.05) is 48.7 Å². The van der Waals surface area contributed by atoms with Crippen LogP contribution in [0.2, 0.25) is 0 Å². The van der Waals surface area contributed by atoms with Gasteiger partial charge >= 0.3 is 0 Å². The first-order chi connectivity index (χ1) is 11.1. The van der Waals surface area contributed by atoms with Crippen LogP contribution in [0.3, 0.4) is 0 Å². The zero-order valence-corrected chi connectivity index (χ0v) is 13.4. The zero-order chi connectivity index (χ0) is 16.2. The van der Waals surface area contributed by atoms with Gasteiger partial charge in [-0.25, -0.2) is 9.97 Å². The van der Waals surface area contributed by atoms with Crippen LogP contribution >= 0.6 is 11.3 Å². The van der Waals surface area contributed by atoms with Gasteiger partial charge in [0.1, 0.15) is 10.8 Å². The van der Waals surface area contributed by atoms with Gasteiger partial charge in [-0.3, -0.25) is 4.79 Å². The monoisotopic (exact) mass is 324 g/mol. The highest BCUT2D eigenvalue weighted by molar-refractivity contribution is 7.13. The molecule has 2 aromatic heterocycles. The SMILES string of the molecule is Cc1ccnc(NC(=O)Cc2csc(-c3ccccc3N)n2)c1. The molecule has 116 valence electrons. The highest BCUT2D eigenvalue weighted by Gasteiger charge is 2.11. The lowest BCUT2D eigenvalue weighted by molar-refractivity contribution is -0.115. The Labute approximate surface area is 138 Å². The van der Waals surface area contributed by atoms with Crippen LogP contribution in [0.5, 0.6) is 0 Å². The number of aryl methyl sites for hydroxylation is 1. The molecule has 1 aromatic carbocycles. The van der Waals surface area contributed by atoms with E-state index in [0.717, 1.165) is 21.8 Å². The number of carbonyl (C=O) groups excluding carboxylic acids is 1. The minimum absolute atomic E-state index is 0.138. The van der Waals surface area contributed by atoms with Crippen LogP contribution in [-0.4, -0.2) is 15.9 Å². The predicted molar refractivity (Wildman–Crippen MR) is 93.3 cm³/mol. The first-order valence-electron chi connectivity index (χ1n) is 7.13. The Balaban J connectivity index is 1.69. The lowest BCUT2D eigenvalue weighted by atomic mass is 10.2. The fraction of sp³-hybridized carbons (Fsp3) is 0.118. The fourth-order valence-corrected chi connectivity index (χ4v) is 3.03. The second kappa shape index (κ2) is 6.58. The molecule has 5 nitrogen and oxygen atoms in total. The van der Waals surface area contributed by atoms with Gasteiger partial charge in [0, 0.05) is 22.8 Å². The third-order valence-electron chi connectivity index (χ3n) is 3.27. The number of nitrogens with zero attached hydrogens (tertiary/aromatic N) is 2. The van der Waals surface area contributed by atoms with Crippen molar-refractivity contribution >= 4 is 28.7 Å². The van der Waals surface area contributed by atoms with Crippen molar-refractivity contribution in [3.8, 4) is 10.6 Å². The summed E-state index contributed by atoms with van der Waals surface area (Å²) in [5.41, 5.74) is 9.30. The average molecular weight is 324 g/mol. The quantitative estimate of drug-likeness (QED) is 0.722. The molecule has 1 amide bonds. The smallest absolute Gasteiger partial charge is 0.231 e. The van der Waals surface area contributed by atoms with Crippen molar-refractivity contribution in [3.05, 3.63) is 59.2 Å². The number of hydrogen-bond acceptors (Lipinski definition) is 5. The average Bonchev–Trinajstić information content (AvgIpc) is 2.95. The number of carbonyl (C=O) groups is 1. The Morgan fingerprint density at radius 3 is 2.91 bits per heavy atom. The summed E-state index contributed by atoms with van der Waals surface area (Å²) in [5, 5.41) is 5.48. The molecule has 2 heterocycles. The lowest BCUT2D eigenvalue weighted by Gasteiger charge is -2.03. The molecule has 0 aliphatic carbocycles. The van der Waals surface area contributed by atoms with Gasteiger partial charge in [0.05, 0.1) is 12.1 Å². The van der Waals surface area contributed by atoms with Crippen molar-refractivity contribution in [2.24, 2.45) is 0 Å². The number of nitrogen functional groups attached to an aromatic ring is 1. The van der Waals surface area contributed by atoms with Crippen LogP contribution < -0.4 is 11.1 Å². The lowest BCUT2D eigenvalue weighted by Crippen LogP contribution is -2.15. The summed E-state index contributed by atoms with van der Waals surface area (Å²) in [6, 6.07) is 11.3. The topological polar surface area (TPSA) is 80.9 Å². The maximum atomic E-state index is 12.1. The molecule has 3 rings (SSSR count). The number of para-hydroxylation sites is 1. The minimum atomic E-state index is -0.138. The van der Waals surface area contributed by atoms with E-state index in [2.05, 4.69) is 15.3 Å². The molecule has 0 aliphatic rings. The molecule has 0 aliphatic heterocycles. The molecule has 0 unspecified atom stereocenters. The highest BCUT2D eigenvalue weighted by Crippen LogP contribution is 2.28. The van der Waals surface area contributed by atoms with Gasteiger partial charge < -0.3 is 11.1 Å². The Kier molecular flexibility index (Phi) is 4.34. The predicted octanol–water partition coefficient (Wildman–Crippen LogP) is 3.28. The molecular formula is C17H16N4OS. The maximum absolute atomic E-state index is 12.1. The van der Waals surface area contributed by atoms with E-state index >= 15 is 0 Å². The van der Waals surface area contributed by atoms with Crippen molar-refractivity contribution in [2.45, 2.75) is 13.3 Å². The van der Waals surface area contributed by atoms with Gasteiger partial charge in [0.15, 0.2) is 0 Å². The Hall–Kier alpha value is -2.73.